The Kier molecular flexibility index (Phi) is 8.04. The SMILES string of the molecule is CCOc1ccc(C2/C(=C(/O)c3ccc(OCC)cc3OCC)C(=O)C(=O)N2c2cccc(Cl)c2)cc1. The average molecular weight is 522 g/mol. The zero-order chi connectivity index (χ0) is 26.5. The number of ether oxygens (including phenoxy) is 3. The van der Waals surface area contributed by atoms with E-state index < -0.39 is 17.7 Å². The van der Waals surface area contributed by atoms with Gasteiger partial charge in [-0.3, -0.25) is 14.5 Å². The second-order valence-corrected chi connectivity index (χ2v) is 8.61. The number of halogens is 1. The predicted octanol–water partition coefficient (Wildman–Crippen LogP) is 6.16. The fourth-order valence-electron chi connectivity index (χ4n) is 4.33. The van der Waals surface area contributed by atoms with E-state index in [4.69, 9.17) is 25.8 Å². The molecule has 8 heteroatoms. The number of hydrogen-bond acceptors (Lipinski definition) is 6. The Morgan fingerprint density at radius 1 is 0.865 bits per heavy atom. The first-order valence-corrected chi connectivity index (χ1v) is 12.5. The van der Waals surface area contributed by atoms with Crippen LogP contribution in [0.2, 0.25) is 5.02 Å². The summed E-state index contributed by atoms with van der Waals surface area (Å²) in [5.74, 6) is -0.376. The van der Waals surface area contributed by atoms with E-state index in [2.05, 4.69) is 0 Å². The van der Waals surface area contributed by atoms with Crippen molar-refractivity contribution in [2.24, 2.45) is 0 Å². The molecule has 1 unspecified atom stereocenters. The van der Waals surface area contributed by atoms with E-state index in [-0.39, 0.29) is 16.9 Å². The molecule has 192 valence electrons. The minimum Gasteiger partial charge on any atom is -0.507 e. The van der Waals surface area contributed by atoms with Crippen LogP contribution in [0.1, 0.15) is 37.9 Å². The lowest BCUT2D eigenvalue weighted by Crippen LogP contribution is -2.29. The van der Waals surface area contributed by atoms with Crippen molar-refractivity contribution in [2.45, 2.75) is 26.8 Å². The highest BCUT2D eigenvalue weighted by Crippen LogP contribution is 2.44. The molecule has 3 aromatic carbocycles. The number of nitrogens with zero attached hydrogens (tertiary/aromatic N) is 1. The Hall–Kier alpha value is -3.97. The molecule has 0 saturated carbocycles. The van der Waals surface area contributed by atoms with Crippen LogP contribution in [0.15, 0.2) is 72.3 Å². The van der Waals surface area contributed by atoms with E-state index in [1.165, 1.54) is 4.90 Å². The molecule has 3 aromatic rings. The van der Waals surface area contributed by atoms with E-state index in [9.17, 15) is 14.7 Å². The quantitative estimate of drug-likeness (QED) is 0.206. The summed E-state index contributed by atoms with van der Waals surface area (Å²) in [4.78, 5) is 28.2. The maximum Gasteiger partial charge on any atom is 0.300 e. The van der Waals surface area contributed by atoms with Crippen molar-refractivity contribution < 1.29 is 28.9 Å². The van der Waals surface area contributed by atoms with Crippen LogP contribution >= 0.6 is 11.6 Å². The third kappa shape index (κ3) is 5.27. The number of rotatable bonds is 9. The number of Topliss-reactive ketones (excluding diaryl/α,β-unsaturated/α-hetero) is 1. The van der Waals surface area contributed by atoms with Crippen molar-refractivity contribution in [1.29, 1.82) is 0 Å². The van der Waals surface area contributed by atoms with Gasteiger partial charge in [-0.15, -0.1) is 0 Å². The van der Waals surface area contributed by atoms with Gasteiger partial charge in [-0.1, -0.05) is 29.8 Å². The summed E-state index contributed by atoms with van der Waals surface area (Å²) in [5, 5.41) is 11.9. The summed E-state index contributed by atoms with van der Waals surface area (Å²) in [6, 6.07) is 17.8. The van der Waals surface area contributed by atoms with Gasteiger partial charge in [0.1, 0.15) is 23.0 Å². The maximum atomic E-state index is 13.4. The van der Waals surface area contributed by atoms with Gasteiger partial charge in [0.05, 0.1) is 37.0 Å². The smallest absolute Gasteiger partial charge is 0.300 e. The fraction of sp³-hybridized carbons (Fsp3) is 0.241. The highest BCUT2D eigenvalue weighted by atomic mass is 35.5. The third-order valence-electron chi connectivity index (χ3n) is 5.86. The van der Waals surface area contributed by atoms with Gasteiger partial charge in [0.2, 0.25) is 0 Å². The molecular formula is C29H28ClNO6. The minimum atomic E-state index is -0.907. The summed E-state index contributed by atoms with van der Waals surface area (Å²) < 4.78 is 16.9. The summed E-state index contributed by atoms with van der Waals surface area (Å²) in [7, 11) is 0. The molecule has 0 radical (unpaired) electrons. The molecule has 0 bridgehead atoms. The first-order chi connectivity index (χ1) is 17.9. The van der Waals surface area contributed by atoms with Gasteiger partial charge in [0.15, 0.2) is 0 Å². The Balaban J connectivity index is 1.92. The van der Waals surface area contributed by atoms with E-state index in [1.54, 1.807) is 66.7 Å². The summed E-state index contributed by atoms with van der Waals surface area (Å²) in [6.07, 6.45) is 0. The number of hydrogen-bond donors (Lipinski definition) is 1. The number of aliphatic hydroxyl groups is 1. The molecule has 1 fully saturated rings. The van der Waals surface area contributed by atoms with Crippen molar-refractivity contribution >= 4 is 34.7 Å². The molecule has 1 heterocycles. The van der Waals surface area contributed by atoms with Gasteiger partial charge in [-0.2, -0.15) is 0 Å². The third-order valence-corrected chi connectivity index (χ3v) is 6.09. The lowest BCUT2D eigenvalue weighted by Gasteiger charge is -2.26. The Morgan fingerprint density at radius 2 is 1.51 bits per heavy atom. The van der Waals surface area contributed by atoms with Gasteiger partial charge < -0.3 is 19.3 Å². The van der Waals surface area contributed by atoms with Crippen molar-refractivity contribution in [2.75, 3.05) is 24.7 Å². The second-order valence-electron chi connectivity index (χ2n) is 8.18. The van der Waals surface area contributed by atoms with Crippen molar-refractivity contribution in [3.63, 3.8) is 0 Å². The topological polar surface area (TPSA) is 85.3 Å². The normalized spacial score (nSPS) is 16.6. The van der Waals surface area contributed by atoms with E-state index in [1.807, 2.05) is 20.8 Å². The van der Waals surface area contributed by atoms with Gasteiger partial charge in [0.25, 0.3) is 11.7 Å². The summed E-state index contributed by atoms with van der Waals surface area (Å²) >= 11 is 6.22. The lowest BCUT2D eigenvalue weighted by atomic mass is 9.94. The molecule has 0 aromatic heterocycles. The van der Waals surface area contributed by atoms with Gasteiger partial charge in [-0.05, 0) is 68.8 Å². The molecule has 1 N–H and O–H groups in total. The van der Waals surface area contributed by atoms with Crippen molar-refractivity contribution in [3.8, 4) is 17.2 Å². The minimum absolute atomic E-state index is 0.0563. The highest BCUT2D eigenvalue weighted by Gasteiger charge is 2.47. The predicted molar refractivity (Wildman–Crippen MR) is 143 cm³/mol. The Morgan fingerprint density at radius 3 is 2.16 bits per heavy atom. The van der Waals surface area contributed by atoms with Crippen molar-refractivity contribution in [1.82, 2.24) is 0 Å². The van der Waals surface area contributed by atoms with E-state index >= 15 is 0 Å². The number of benzene rings is 3. The zero-order valence-electron chi connectivity index (χ0n) is 20.9. The standard InChI is InChI=1S/C29H28ClNO6/c1-4-35-21-12-10-18(11-13-21)26-25(28(33)29(34)31(26)20-9-7-8-19(30)16-20)27(32)23-15-14-22(36-5-2)17-24(23)37-6-3/h7-17,26,32H,4-6H2,1-3H3/b27-25-. The first kappa shape index (κ1) is 26.1. The van der Waals surface area contributed by atoms with Crippen LogP contribution in [-0.4, -0.2) is 36.6 Å². The molecular weight excluding hydrogens is 494 g/mol. The molecule has 4 rings (SSSR count). The number of ketones is 1. The number of anilines is 1. The molecule has 0 aliphatic carbocycles. The van der Waals surface area contributed by atoms with Gasteiger partial charge in [-0.25, -0.2) is 0 Å². The molecule has 1 aliphatic heterocycles. The second kappa shape index (κ2) is 11.4. The summed E-state index contributed by atoms with van der Waals surface area (Å²) in [6.45, 7) is 6.85. The van der Waals surface area contributed by atoms with Crippen LogP contribution in [0.5, 0.6) is 17.2 Å². The molecule has 1 aliphatic rings. The number of carbonyl (C=O) groups excluding carboxylic acids is 2. The molecule has 1 atom stereocenters. The Labute approximate surface area is 220 Å². The van der Waals surface area contributed by atoms with E-state index in [0.29, 0.717) is 53.3 Å². The number of aliphatic hydroxyl groups excluding tert-OH is 1. The number of amides is 1. The monoisotopic (exact) mass is 521 g/mol. The Bertz CT molecular complexity index is 1330. The van der Waals surface area contributed by atoms with Gasteiger partial charge >= 0.3 is 0 Å². The van der Waals surface area contributed by atoms with Crippen LogP contribution in [0.25, 0.3) is 5.76 Å². The zero-order valence-corrected chi connectivity index (χ0v) is 21.6. The van der Waals surface area contributed by atoms with Crippen LogP contribution in [0.4, 0.5) is 5.69 Å². The average Bonchev–Trinajstić information content (AvgIpc) is 3.15. The van der Waals surface area contributed by atoms with Crippen LogP contribution in [-0.2, 0) is 9.59 Å². The van der Waals surface area contributed by atoms with E-state index in [0.717, 1.165) is 0 Å². The van der Waals surface area contributed by atoms with Crippen LogP contribution in [0, 0.1) is 0 Å². The van der Waals surface area contributed by atoms with Crippen LogP contribution in [0.3, 0.4) is 0 Å². The van der Waals surface area contributed by atoms with Crippen molar-refractivity contribution in [3.05, 3.63) is 88.5 Å². The lowest BCUT2D eigenvalue weighted by molar-refractivity contribution is -0.132. The summed E-state index contributed by atoms with van der Waals surface area (Å²) in [5.41, 5.74) is 1.28. The molecule has 1 amide bonds. The number of carbonyl (C=O) groups is 2. The fourth-order valence-corrected chi connectivity index (χ4v) is 4.51. The van der Waals surface area contributed by atoms with Crippen LogP contribution < -0.4 is 19.1 Å². The highest BCUT2D eigenvalue weighted by molar-refractivity contribution is 6.51. The molecule has 7 nitrogen and oxygen atoms in total. The maximum absolute atomic E-state index is 13.4. The molecule has 1 saturated heterocycles. The van der Waals surface area contributed by atoms with Gasteiger partial charge in [0, 0.05) is 16.8 Å². The molecule has 0 spiro atoms. The molecule has 37 heavy (non-hydrogen) atoms. The largest absolute Gasteiger partial charge is 0.507 e. The first-order valence-electron chi connectivity index (χ1n) is 12.1.